The number of carbonyl (C=O) groups is 1. The van der Waals surface area contributed by atoms with Crippen molar-refractivity contribution in [3.63, 3.8) is 0 Å². The van der Waals surface area contributed by atoms with Gasteiger partial charge in [0.05, 0.1) is 5.56 Å². The number of hydrogen-bond donors (Lipinski definition) is 2. The van der Waals surface area contributed by atoms with Crippen molar-refractivity contribution < 1.29 is 13.2 Å². The van der Waals surface area contributed by atoms with Gasteiger partial charge in [0.1, 0.15) is 11.6 Å². The molecule has 1 amide bonds. The first-order chi connectivity index (χ1) is 16.5. The smallest absolute Gasteiger partial charge is 0.281 e. The number of piperidine rings is 1. The number of nitrogens with two attached hydrogens (primary N) is 1. The lowest BCUT2D eigenvalue weighted by Crippen LogP contribution is -2.38. The molecule has 0 saturated carbocycles. The molecule has 8 nitrogen and oxygen atoms in total. The monoisotopic (exact) mass is 493 g/mol. The molecule has 1 aromatic carbocycles. The summed E-state index contributed by atoms with van der Waals surface area (Å²) >= 11 is 0. The molecule has 0 radical (unpaired) electrons. The molecule has 184 valence electrons. The van der Waals surface area contributed by atoms with Gasteiger partial charge >= 0.3 is 0 Å². The Kier molecular flexibility index (Phi) is 6.80. The minimum absolute atomic E-state index is 0.0532. The molecule has 1 aliphatic heterocycles. The van der Waals surface area contributed by atoms with E-state index in [2.05, 4.69) is 47.5 Å². The minimum atomic E-state index is -4.21. The molecule has 1 atom stereocenters. The zero-order valence-corrected chi connectivity index (χ0v) is 21.0. The Morgan fingerprint density at radius 1 is 1.03 bits per heavy atom. The van der Waals surface area contributed by atoms with Crippen molar-refractivity contribution in [2.75, 3.05) is 23.7 Å². The number of rotatable bonds is 5. The van der Waals surface area contributed by atoms with Crippen LogP contribution in [0.5, 0.6) is 0 Å². The summed E-state index contributed by atoms with van der Waals surface area (Å²) in [5.74, 6) is 0.0870. The Morgan fingerprint density at radius 3 is 2.46 bits per heavy atom. The molecule has 0 bridgehead atoms. The van der Waals surface area contributed by atoms with Crippen molar-refractivity contribution >= 4 is 27.6 Å². The van der Waals surface area contributed by atoms with Crippen LogP contribution in [0.4, 0.5) is 11.6 Å². The highest BCUT2D eigenvalue weighted by Crippen LogP contribution is 2.32. The van der Waals surface area contributed by atoms with Gasteiger partial charge in [-0.25, -0.2) is 14.7 Å². The predicted octanol–water partition coefficient (Wildman–Crippen LogP) is 3.86. The molecule has 3 N–H and O–H groups in total. The summed E-state index contributed by atoms with van der Waals surface area (Å²) < 4.78 is 27.8. The summed E-state index contributed by atoms with van der Waals surface area (Å²) in [5.41, 5.74) is 7.67. The highest BCUT2D eigenvalue weighted by atomic mass is 32.2. The number of nitrogens with zero attached hydrogens (tertiary/aromatic N) is 3. The van der Waals surface area contributed by atoms with Gasteiger partial charge in [-0.1, -0.05) is 57.2 Å². The van der Waals surface area contributed by atoms with Gasteiger partial charge in [-0.15, -0.1) is 0 Å². The quantitative estimate of drug-likeness (QED) is 0.554. The number of carbonyl (C=O) groups excluding carboxylic acids is 1. The molecule has 1 aliphatic rings. The molecule has 1 saturated heterocycles. The number of nitrogens with one attached hydrogen (secondary N) is 1. The molecule has 0 spiro atoms. The summed E-state index contributed by atoms with van der Waals surface area (Å²) in [6.45, 7) is 7.58. The van der Waals surface area contributed by atoms with Gasteiger partial charge in [0, 0.05) is 30.1 Å². The zero-order valence-electron chi connectivity index (χ0n) is 20.2. The largest absolute Gasteiger partial charge is 0.384 e. The Balaban J connectivity index is 1.69. The Labute approximate surface area is 206 Å². The average Bonchev–Trinajstić information content (AvgIpc) is 2.83. The van der Waals surface area contributed by atoms with Crippen LogP contribution in [0.2, 0.25) is 0 Å². The topological polar surface area (TPSA) is 118 Å². The van der Waals surface area contributed by atoms with Crippen LogP contribution in [0.1, 0.15) is 61.1 Å². The number of anilines is 2. The number of nitrogen functional groups attached to an aromatic ring is 1. The summed E-state index contributed by atoms with van der Waals surface area (Å²) in [7, 11) is -4.21. The van der Waals surface area contributed by atoms with Gasteiger partial charge in [0.2, 0.25) is 0 Å². The standard InChI is InChI=1S/C26H31N5O3S/c1-26(2,3)21-15-14-20(25(32)30-35(33,34)23-13-7-12-22(27)29-23)24(28-21)31-16-8-11-19(17-31)18-9-5-4-6-10-18/h4-7,9-10,12-15,19H,8,11,16-17H2,1-3H3,(H2,27,29)(H,30,32)/t19-/m1/s1. The van der Waals surface area contributed by atoms with E-state index < -0.39 is 15.9 Å². The molecule has 4 rings (SSSR count). The van der Waals surface area contributed by atoms with Crippen molar-refractivity contribution in [3.8, 4) is 0 Å². The first kappa shape index (κ1) is 24.7. The van der Waals surface area contributed by atoms with Crippen LogP contribution in [-0.2, 0) is 15.4 Å². The van der Waals surface area contributed by atoms with Gasteiger partial charge in [0.25, 0.3) is 15.9 Å². The van der Waals surface area contributed by atoms with E-state index in [1.165, 1.54) is 23.8 Å². The van der Waals surface area contributed by atoms with Crippen LogP contribution < -0.4 is 15.4 Å². The second-order valence-electron chi connectivity index (χ2n) is 9.85. The number of amides is 1. The fourth-order valence-electron chi connectivity index (χ4n) is 4.26. The number of benzene rings is 1. The Hall–Kier alpha value is -3.46. The van der Waals surface area contributed by atoms with Crippen molar-refractivity contribution in [2.24, 2.45) is 0 Å². The van der Waals surface area contributed by atoms with E-state index in [1.54, 1.807) is 12.1 Å². The van der Waals surface area contributed by atoms with E-state index in [4.69, 9.17) is 10.7 Å². The minimum Gasteiger partial charge on any atom is -0.384 e. The van der Waals surface area contributed by atoms with Crippen LogP contribution in [0.15, 0.2) is 65.7 Å². The van der Waals surface area contributed by atoms with Crippen molar-refractivity contribution in [3.05, 3.63) is 77.5 Å². The van der Waals surface area contributed by atoms with E-state index in [9.17, 15) is 13.2 Å². The van der Waals surface area contributed by atoms with Crippen LogP contribution >= 0.6 is 0 Å². The summed E-state index contributed by atoms with van der Waals surface area (Å²) in [6, 6.07) is 18.0. The molecule has 2 aromatic heterocycles. The van der Waals surface area contributed by atoms with Crippen LogP contribution in [0.3, 0.4) is 0 Å². The van der Waals surface area contributed by atoms with Crippen molar-refractivity contribution in [1.29, 1.82) is 0 Å². The number of aromatic nitrogens is 2. The Morgan fingerprint density at radius 2 is 1.77 bits per heavy atom. The molecular formula is C26H31N5O3S. The van der Waals surface area contributed by atoms with E-state index in [1.807, 2.05) is 18.2 Å². The number of pyridine rings is 2. The third kappa shape index (κ3) is 5.62. The lowest BCUT2D eigenvalue weighted by molar-refractivity contribution is 0.0981. The maximum absolute atomic E-state index is 13.3. The van der Waals surface area contributed by atoms with E-state index in [0.29, 0.717) is 18.3 Å². The summed E-state index contributed by atoms with van der Waals surface area (Å²) in [4.78, 5) is 24.1. The van der Waals surface area contributed by atoms with E-state index >= 15 is 0 Å². The second-order valence-corrected chi connectivity index (χ2v) is 11.5. The zero-order chi connectivity index (χ0) is 25.2. The highest BCUT2D eigenvalue weighted by Gasteiger charge is 2.29. The highest BCUT2D eigenvalue weighted by molar-refractivity contribution is 7.90. The summed E-state index contributed by atoms with van der Waals surface area (Å²) in [5, 5.41) is -0.311. The number of sulfonamides is 1. The number of hydrogen-bond acceptors (Lipinski definition) is 7. The maximum Gasteiger partial charge on any atom is 0.281 e. The predicted molar refractivity (Wildman–Crippen MR) is 137 cm³/mol. The lowest BCUT2D eigenvalue weighted by atomic mass is 9.89. The molecule has 9 heteroatoms. The molecule has 3 heterocycles. The van der Waals surface area contributed by atoms with Gasteiger partial charge in [-0.3, -0.25) is 4.79 Å². The lowest BCUT2D eigenvalue weighted by Gasteiger charge is -2.35. The molecule has 3 aromatic rings. The van der Waals surface area contributed by atoms with Crippen LogP contribution in [-0.4, -0.2) is 37.4 Å². The third-order valence-corrected chi connectivity index (χ3v) is 7.36. The van der Waals surface area contributed by atoms with E-state index in [-0.39, 0.29) is 21.8 Å². The average molecular weight is 494 g/mol. The molecular weight excluding hydrogens is 462 g/mol. The SMILES string of the molecule is CC(C)(C)c1ccc(C(=O)NS(=O)(=O)c2cccc(N)n2)c(N2CCC[C@@H](c3ccccc3)C2)n1. The van der Waals surface area contributed by atoms with E-state index in [0.717, 1.165) is 25.1 Å². The molecule has 35 heavy (non-hydrogen) atoms. The maximum atomic E-state index is 13.3. The van der Waals surface area contributed by atoms with Crippen LogP contribution in [0, 0.1) is 0 Å². The first-order valence-electron chi connectivity index (χ1n) is 11.7. The van der Waals surface area contributed by atoms with Crippen molar-refractivity contribution in [1.82, 2.24) is 14.7 Å². The molecule has 0 unspecified atom stereocenters. The normalized spacial score (nSPS) is 16.7. The summed E-state index contributed by atoms with van der Waals surface area (Å²) in [6.07, 6.45) is 1.98. The fraction of sp³-hybridized carbons (Fsp3) is 0.346. The van der Waals surface area contributed by atoms with Crippen LogP contribution in [0.25, 0.3) is 0 Å². The third-order valence-electron chi connectivity index (χ3n) is 6.13. The van der Waals surface area contributed by atoms with Gasteiger partial charge in [0.15, 0.2) is 5.03 Å². The Bertz CT molecular complexity index is 1320. The fourth-order valence-corrected chi connectivity index (χ4v) is 5.20. The molecule has 0 aliphatic carbocycles. The molecule has 1 fully saturated rings. The van der Waals surface area contributed by atoms with Gasteiger partial charge in [-0.05, 0) is 42.7 Å². The first-order valence-corrected chi connectivity index (χ1v) is 13.1. The van der Waals surface area contributed by atoms with Gasteiger partial charge in [-0.2, -0.15) is 8.42 Å². The second kappa shape index (κ2) is 9.65. The van der Waals surface area contributed by atoms with Crippen molar-refractivity contribution in [2.45, 2.75) is 50.0 Å². The van der Waals surface area contributed by atoms with Gasteiger partial charge < -0.3 is 10.6 Å².